The second-order valence-electron chi connectivity index (χ2n) is 4.54. The number of nitrogens with two attached hydrogens (primary N) is 1. The van der Waals surface area contributed by atoms with Crippen LogP contribution < -0.4 is 11.1 Å². The average Bonchev–Trinajstić information content (AvgIpc) is 2.19. The summed E-state index contributed by atoms with van der Waals surface area (Å²) in [6, 6.07) is -0.849. The normalized spacial score (nSPS) is 34.3. The van der Waals surface area contributed by atoms with Crippen LogP contribution in [0.15, 0.2) is 0 Å². The number of sulfone groups is 1. The molecular weight excluding hydrogens is 248 g/mol. The number of carbonyl (C=O) groups is 1. The highest BCUT2D eigenvalue weighted by molar-refractivity contribution is 7.91. The van der Waals surface area contributed by atoms with E-state index in [0.717, 1.165) is 6.26 Å². The summed E-state index contributed by atoms with van der Waals surface area (Å²) in [5.74, 6) is 0. The minimum absolute atomic E-state index is 0.0544. The monoisotopic (exact) mass is 266 g/mol. The van der Waals surface area contributed by atoms with Crippen molar-refractivity contribution in [3.8, 4) is 0 Å². The summed E-state index contributed by atoms with van der Waals surface area (Å²) in [6.45, 7) is -0.103. The topological polar surface area (TPSA) is 130 Å². The van der Waals surface area contributed by atoms with Gasteiger partial charge in [-0.25, -0.2) is 13.2 Å². The van der Waals surface area contributed by atoms with E-state index in [1.165, 1.54) is 0 Å². The van der Waals surface area contributed by atoms with E-state index >= 15 is 0 Å². The van der Waals surface area contributed by atoms with Crippen LogP contribution in [0, 0.1) is 0 Å². The molecule has 8 heteroatoms. The van der Waals surface area contributed by atoms with Crippen molar-refractivity contribution in [2.45, 2.75) is 36.2 Å². The number of carboxylic acid groups (broad SMARTS) is 1. The zero-order valence-corrected chi connectivity index (χ0v) is 10.4. The highest BCUT2D eigenvalue weighted by atomic mass is 32.2. The van der Waals surface area contributed by atoms with Crippen molar-refractivity contribution >= 4 is 15.9 Å². The Bertz CT molecular complexity index is 396. The summed E-state index contributed by atoms with van der Waals surface area (Å²) in [7, 11) is -3.24. The number of hydrogen-bond acceptors (Lipinski definition) is 5. The molecule has 1 aliphatic carbocycles. The molecule has 0 aromatic heterocycles. The first-order chi connectivity index (χ1) is 7.69. The molecule has 0 radical (unpaired) electrons. The highest BCUT2D eigenvalue weighted by Gasteiger charge is 2.44. The van der Waals surface area contributed by atoms with Crippen LogP contribution in [0.4, 0.5) is 4.79 Å². The van der Waals surface area contributed by atoms with Gasteiger partial charge in [-0.1, -0.05) is 0 Å². The van der Waals surface area contributed by atoms with Crippen LogP contribution >= 0.6 is 0 Å². The minimum Gasteiger partial charge on any atom is -0.465 e. The Morgan fingerprint density at radius 3 is 2.59 bits per heavy atom. The summed E-state index contributed by atoms with van der Waals surface area (Å²) >= 11 is 0. The maximum absolute atomic E-state index is 11.4. The molecule has 5 N–H and O–H groups in total. The first-order valence-corrected chi connectivity index (χ1v) is 7.25. The van der Waals surface area contributed by atoms with Crippen LogP contribution in [-0.2, 0) is 9.84 Å². The predicted octanol–water partition coefficient (Wildman–Crippen LogP) is -1.09. The predicted molar refractivity (Wildman–Crippen MR) is 61.4 cm³/mol. The van der Waals surface area contributed by atoms with Gasteiger partial charge in [0, 0.05) is 12.8 Å². The lowest BCUT2D eigenvalue weighted by Gasteiger charge is -2.41. The molecule has 1 rings (SSSR count). The quantitative estimate of drug-likeness (QED) is 0.513. The molecule has 1 saturated carbocycles. The smallest absolute Gasteiger partial charge is 0.404 e. The van der Waals surface area contributed by atoms with Crippen molar-refractivity contribution in [3.63, 3.8) is 0 Å². The molecule has 1 fully saturated rings. The summed E-state index contributed by atoms with van der Waals surface area (Å²) in [5.41, 5.74) is 4.06. The van der Waals surface area contributed by atoms with Crippen molar-refractivity contribution in [2.75, 3.05) is 12.8 Å². The van der Waals surface area contributed by atoms with Crippen molar-refractivity contribution in [1.82, 2.24) is 5.32 Å². The summed E-state index contributed by atoms with van der Waals surface area (Å²) < 4.78 is 22.9. The molecule has 3 unspecified atom stereocenters. The van der Waals surface area contributed by atoms with Gasteiger partial charge >= 0.3 is 6.09 Å². The third kappa shape index (κ3) is 3.30. The molecule has 0 spiro atoms. The van der Waals surface area contributed by atoms with E-state index in [4.69, 9.17) is 10.8 Å². The molecule has 17 heavy (non-hydrogen) atoms. The van der Waals surface area contributed by atoms with Gasteiger partial charge in [-0.15, -0.1) is 0 Å². The van der Waals surface area contributed by atoms with Crippen molar-refractivity contribution in [2.24, 2.45) is 5.73 Å². The average molecular weight is 266 g/mol. The third-order valence-electron chi connectivity index (χ3n) is 3.30. The lowest BCUT2D eigenvalue weighted by atomic mass is 9.80. The first-order valence-electron chi connectivity index (χ1n) is 5.30. The van der Waals surface area contributed by atoms with Crippen molar-refractivity contribution < 1.29 is 23.4 Å². The zero-order valence-electron chi connectivity index (χ0n) is 9.59. The van der Waals surface area contributed by atoms with Gasteiger partial charge in [0.2, 0.25) is 0 Å². The lowest BCUT2D eigenvalue weighted by molar-refractivity contribution is -0.0160. The minimum atomic E-state index is -3.24. The van der Waals surface area contributed by atoms with Crippen LogP contribution in [0.25, 0.3) is 0 Å². The van der Waals surface area contributed by atoms with E-state index in [0.29, 0.717) is 6.42 Å². The Kier molecular flexibility index (Phi) is 4.00. The van der Waals surface area contributed by atoms with E-state index in [1.54, 1.807) is 0 Å². The second kappa shape index (κ2) is 4.79. The summed E-state index contributed by atoms with van der Waals surface area (Å²) in [4.78, 5) is 10.6. The molecule has 0 aromatic carbocycles. The van der Waals surface area contributed by atoms with Gasteiger partial charge < -0.3 is 21.3 Å². The maximum Gasteiger partial charge on any atom is 0.404 e. The molecule has 1 aliphatic rings. The summed E-state index contributed by atoms with van der Waals surface area (Å²) in [6.07, 6.45) is 0.341. The zero-order chi connectivity index (χ0) is 13.3. The highest BCUT2D eigenvalue weighted by Crippen LogP contribution is 2.31. The van der Waals surface area contributed by atoms with Crippen molar-refractivity contribution in [1.29, 1.82) is 0 Å². The van der Waals surface area contributed by atoms with Crippen LogP contribution in [0.1, 0.15) is 19.3 Å². The molecule has 0 saturated heterocycles. The van der Waals surface area contributed by atoms with E-state index in [1.807, 2.05) is 0 Å². The largest absolute Gasteiger partial charge is 0.465 e. The van der Waals surface area contributed by atoms with Gasteiger partial charge in [-0.3, -0.25) is 0 Å². The standard InChI is InChI=1S/C9H18N2O5S/c1-17(15,16)6-2-3-9(14,5-10)7(4-6)11-8(12)13/h6-7,11,14H,2-5,10H2,1H3,(H,12,13). The lowest BCUT2D eigenvalue weighted by Crippen LogP contribution is -2.60. The Morgan fingerprint density at radius 1 is 1.59 bits per heavy atom. The van der Waals surface area contributed by atoms with Gasteiger partial charge in [0.1, 0.15) is 9.84 Å². The molecule has 7 nitrogen and oxygen atoms in total. The molecule has 1 amide bonds. The SMILES string of the molecule is CS(=O)(=O)C1CCC(O)(CN)C(NC(=O)O)C1. The molecular formula is C9H18N2O5S. The Hall–Kier alpha value is -0.860. The molecule has 0 aromatic rings. The Morgan fingerprint density at radius 2 is 2.18 bits per heavy atom. The first kappa shape index (κ1) is 14.2. The fourth-order valence-electron chi connectivity index (χ4n) is 2.16. The maximum atomic E-state index is 11.4. The fraction of sp³-hybridized carbons (Fsp3) is 0.889. The van der Waals surface area contributed by atoms with Gasteiger partial charge in [-0.05, 0) is 19.3 Å². The second-order valence-corrected chi connectivity index (χ2v) is 6.86. The van der Waals surface area contributed by atoms with Gasteiger partial charge in [0.05, 0.1) is 16.9 Å². The Labute approximate surface area is 99.9 Å². The molecule has 0 bridgehead atoms. The van der Waals surface area contributed by atoms with Crippen LogP contribution in [0.5, 0.6) is 0 Å². The van der Waals surface area contributed by atoms with E-state index < -0.39 is 32.8 Å². The van der Waals surface area contributed by atoms with Gasteiger partial charge in [0.25, 0.3) is 0 Å². The molecule has 100 valence electrons. The van der Waals surface area contributed by atoms with Crippen LogP contribution in [-0.4, -0.2) is 54.4 Å². The van der Waals surface area contributed by atoms with Gasteiger partial charge in [0.15, 0.2) is 0 Å². The van der Waals surface area contributed by atoms with Crippen molar-refractivity contribution in [3.05, 3.63) is 0 Å². The number of amides is 1. The fourth-order valence-corrected chi connectivity index (χ4v) is 3.25. The molecule has 3 atom stereocenters. The third-order valence-corrected chi connectivity index (χ3v) is 4.94. The number of rotatable bonds is 3. The molecule has 0 aliphatic heterocycles. The van der Waals surface area contributed by atoms with E-state index in [9.17, 15) is 18.3 Å². The number of aliphatic hydroxyl groups is 1. The molecule has 0 heterocycles. The van der Waals surface area contributed by atoms with Gasteiger partial charge in [-0.2, -0.15) is 0 Å². The van der Waals surface area contributed by atoms with Crippen LogP contribution in [0.2, 0.25) is 0 Å². The summed E-state index contributed by atoms with van der Waals surface area (Å²) in [5, 5.41) is 20.3. The number of hydrogen-bond donors (Lipinski definition) is 4. The number of nitrogens with one attached hydrogen (secondary N) is 1. The van der Waals surface area contributed by atoms with Crippen LogP contribution in [0.3, 0.4) is 0 Å². The Balaban J connectivity index is 2.88. The van der Waals surface area contributed by atoms with E-state index in [-0.39, 0.29) is 19.4 Å². The van der Waals surface area contributed by atoms with E-state index in [2.05, 4.69) is 5.32 Å².